The molecule has 152 valence electrons. The highest BCUT2D eigenvalue weighted by atomic mass is 16.6. The molecule has 2 fully saturated rings. The number of benzene rings is 1. The van der Waals surface area contributed by atoms with Crippen molar-refractivity contribution in [3.63, 3.8) is 0 Å². The zero-order valence-corrected chi connectivity index (χ0v) is 16.7. The summed E-state index contributed by atoms with van der Waals surface area (Å²) in [6, 6.07) is 8.11. The molecule has 28 heavy (non-hydrogen) atoms. The average Bonchev–Trinajstić information content (AvgIpc) is 2.95. The average molecular weight is 389 g/mol. The van der Waals surface area contributed by atoms with Crippen LogP contribution in [0.1, 0.15) is 50.4 Å². The van der Waals surface area contributed by atoms with Gasteiger partial charge in [-0.2, -0.15) is 0 Å². The van der Waals surface area contributed by atoms with Gasteiger partial charge in [-0.3, -0.25) is 4.79 Å². The summed E-state index contributed by atoms with van der Waals surface area (Å²) in [5.41, 5.74) is -0.207. The third-order valence-electron chi connectivity index (χ3n) is 5.21. The van der Waals surface area contributed by atoms with Crippen LogP contribution in [0.25, 0.3) is 0 Å². The van der Waals surface area contributed by atoms with E-state index in [2.05, 4.69) is 0 Å². The number of carbonyl (C=O) groups is 3. The van der Waals surface area contributed by atoms with Crippen LogP contribution in [0, 0.1) is 5.92 Å². The van der Waals surface area contributed by atoms with Gasteiger partial charge in [0.05, 0.1) is 18.7 Å². The number of methoxy groups -OCH3 is 1. The first-order valence-electron chi connectivity index (χ1n) is 9.56. The van der Waals surface area contributed by atoms with Gasteiger partial charge in [0.25, 0.3) is 0 Å². The van der Waals surface area contributed by atoms with Crippen LogP contribution in [0.5, 0.6) is 0 Å². The maximum Gasteiger partial charge on any atom is 0.410 e. The highest BCUT2D eigenvalue weighted by Crippen LogP contribution is 2.42. The largest absolute Gasteiger partial charge is 0.469 e. The molecule has 0 aliphatic carbocycles. The molecule has 1 aromatic carbocycles. The smallest absolute Gasteiger partial charge is 0.410 e. The van der Waals surface area contributed by atoms with Crippen LogP contribution in [0.4, 0.5) is 4.79 Å². The zero-order valence-electron chi connectivity index (χ0n) is 16.7. The number of carbonyl (C=O) groups excluding carboxylic acids is 3. The molecule has 4 atom stereocenters. The topological polar surface area (TPSA) is 82.1 Å². The number of hydrogen-bond donors (Lipinski definition) is 0. The Morgan fingerprint density at radius 1 is 1.07 bits per heavy atom. The van der Waals surface area contributed by atoms with E-state index in [9.17, 15) is 14.4 Å². The number of nitrogens with zero attached hydrogens (tertiary/aromatic N) is 1. The number of piperidine rings is 1. The lowest BCUT2D eigenvalue weighted by Crippen LogP contribution is -2.57. The first-order chi connectivity index (χ1) is 13.2. The molecule has 0 saturated carbocycles. The Morgan fingerprint density at radius 2 is 1.75 bits per heavy atom. The lowest BCUT2D eigenvalue weighted by molar-refractivity contribution is -0.155. The summed E-state index contributed by atoms with van der Waals surface area (Å²) in [4.78, 5) is 39.4. The van der Waals surface area contributed by atoms with Gasteiger partial charge >= 0.3 is 18.0 Å². The fraction of sp³-hybridized carbons (Fsp3) is 0.571. The van der Waals surface area contributed by atoms with Gasteiger partial charge in [-0.25, -0.2) is 9.59 Å². The quantitative estimate of drug-likeness (QED) is 0.583. The molecule has 2 aliphatic rings. The van der Waals surface area contributed by atoms with Gasteiger partial charge in [0.1, 0.15) is 17.6 Å². The molecule has 0 N–H and O–H groups in total. The molecule has 0 radical (unpaired) electrons. The molecular weight excluding hydrogens is 362 g/mol. The molecule has 2 saturated heterocycles. The molecule has 7 heteroatoms. The van der Waals surface area contributed by atoms with Crippen molar-refractivity contribution in [2.45, 2.75) is 63.8 Å². The minimum Gasteiger partial charge on any atom is -0.469 e. The first-order valence-corrected chi connectivity index (χ1v) is 9.56. The minimum absolute atomic E-state index is 0.130. The highest BCUT2D eigenvalue weighted by Gasteiger charge is 2.54. The predicted molar refractivity (Wildman–Crippen MR) is 101 cm³/mol. The van der Waals surface area contributed by atoms with Gasteiger partial charge < -0.3 is 19.1 Å². The van der Waals surface area contributed by atoms with Crippen LogP contribution in [0.3, 0.4) is 0 Å². The SMILES string of the molecule is COC(=O)[C@@H]1[C@H](OC(=O)c2ccccc2)C[C@H]2CC[C@@H]1N2C(=O)OC(C)(C)C. The van der Waals surface area contributed by atoms with Crippen LogP contribution in [0.2, 0.25) is 0 Å². The Bertz CT molecular complexity index is 741. The Kier molecular flexibility index (Phi) is 5.63. The predicted octanol–water partition coefficient (Wildman–Crippen LogP) is 3.17. The van der Waals surface area contributed by atoms with Crippen LogP contribution < -0.4 is 0 Å². The summed E-state index contributed by atoms with van der Waals surface area (Å²) in [7, 11) is 1.30. The second-order valence-electron chi connectivity index (χ2n) is 8.28. The van der Waals surface area contributed by atoms with Crippen molar-refractivity contribution in [2.75, 3.05) is 7.11 Å². The first kappa shape index (κ1) is 20.2. The number of fused-ring (bicyclic) bond motifs is 2. The van der Waals surface area contributed by atoms with Gasteiger partial charge in [0, 0.05) is 12.5 Å². The maximum atomic E-state index is 12.7. The molecule has 0 spiro atoms. The summed E-state index contributed by atoms with van der Waals surface area (Å²) >= 11 is 0. The van der Waals surface area contributed by atoms with Gasteiger partial charge in [0.15, 0.2) is 0 Å². The normalized spacial score (nSPS) is 26.5. The highest BCUT2D eigenvalue weighted by molar-refractivity contribution is 5.89. The van der Waals surface area contributed by atoms with Crippen LogP contribution in [-0.4, -0.2) is 53.8 Å². The number of hydrogen-bond acceptors (Lipinski definition) is 6. The lowest BCUT2D eigenvalue weighted by atomic mass is 9.87. The van der Waals surface area contributed by atoms with Crippen molar-refractivity contribution < 1.29 is 28.6 Å². The lowest BCUT2D eigenvalue weighted by Gasteiger charge is -2.42. The van der Waals surface area contributed by atoms with Crippen molar-refractivity contribution in [3.8, 4) is 0 Å². The fourth-order valence-corrected chi connectivity index (χ4v) is 4.10. The minimum atomic E-state index is -0.732. The second kappa shape index (κ2) is 7.81. The molecule has 0 aromatic heterocycles. The van der Waals surface area contributed by atoms with E-state index in [0.29, 0.717) is 18.4 Å². The second-order valence-corrected chi connectivity index (χ2v) is 8.28. The van der Waals surface area contributed by atoms with E-state index >= 15 is 0 Å². The van der Waals surface area contributed by atoms with Gasteiger partial charge in [-0.15, -0.1) is 0 Å². The third-order valence-corrected chi connectivity index (χ3v) is 5.21. The van der Waals surface area contributed by atoms with E-state index in [4.69, 9.17) is 14.2 Å². The molecule has 2 bridgehead atoms. The van der Waals surface area contributed by atoms with Crippen molar-refractivity contribution in [2.24, 2.45) is 5.92 Å². The van der Waals surface area contributed by atoms with Gasteiger partial charge in [0.2, 0.25) is 0 Å². The number of ether oxygens (including phenoxy) is 3. The van der Waals surface area contributed by atoms with E-state index in [1.165, 1.54) is 7.11 Å². The van der Waals surface area contributed by atoms with Crippen LogP contribution in [0.15, 0.2) is 30.3 Å². The van der Waals surface area contributed by atoms with E-state index < -0.39 is 41.7 Å². The Labute approximate surface area is 164 Å². The molecule has 1 aromatic rings. The van der Waals surface area contributed by atoms with Crippen molar-refractivity contribution in [3.05, 3.63) is 35.9 Å². The molecular formula is C21H27NO6. The Hall–Kier alpha value is -2.57. The van der Waals surface area contributed by atoms with Gasteiger partial charge in [-0.05, 0) is 45.7 Å². The van der Waals surface area contributed by atoms with Crippen molar-refractivity contribution >= 4 is 18.0 Å². The summed E-state index contributed by atoms with van der Waals surface area (Å²) < 4.78 is 16.2. The standard InChI is InChI=1S/C21H27NO6/c1-21(2,3)28-20(25)22-14-10-11-15(22)17(19(24)26-4)16(12-14)27-18(23)13-8-6-5-7-9-13/h5-9,14-17H,10-12H2,1-4H3/t14-,15+,16-,17+/m1/s1. The number of esters is 2. The van der Waals surface area contributed by atoms with E-state index in [1.54, 1.807) is 49.9 Å². The zero-order chi connectivity index (χ0) is 20.5. The van der Waals surface area contributed by atoms with E-state index in [1.807, 2.05) is 6.07 Å². The Balaban J connectivity index is 1.81. The van der Waals surface area contributed by atoms with Crippen molar-refractivity contribution in [1.82, 2.24) is 4.90 Å². The molecule has 0 unspecified atom stereocenters. The third kappa shape index (κ3) is 4.13. The summed E-state index contributed by atoms with van der Waals surface area (Å²) in [5, 5.41) is 0. The van der Waals surface area contributed by atoms with Gasteiger partial charge in [-0.1, -0.05) is 18.2 Å². The number of amides is 1. The summed E-state index contributed by atoms with van der Waals surface area (Å²) in [6.07, 6.45) is 0.673. The number of rotatable bonds is 3. The molecule has 2 heterocycles. The van der Waals surface area contributed by atoms with Crippen LogP contribution in [-0.2, 0) is 19.0 Å². The fourth-order valence-electron chi connectivity index (χ4n) is 4.10. The van der Waals surface area contributed by atoms with Crippen molar-refractivity contribution in [1.29, 1.82) is 0 Å². The molecule has 1 amide bonds. The summed E-state index contributed by atoms with van der Waals surface area (Å²) in [6.45, 7) is 5.41. The molecule has 7 nitrogen and oxygen atoms in total. The van der Waals surface area contributed by atoms with Crippen LogP contribution >= 0.6 is 0 Å². The van der Waals surface area contributed by atoms with E-state index in [-0.39, 0.29) is 6.04 Å². The Morgan fingerprint density at radius 3 is 2.36 bits per heavy atom. The molecule has 3 rings (SSSR count). The monoisotopic (exact) mass is 389 g/mol. The maximum absolute atomic E-state index is 12.7. The summed E-state index contributed by atoms with van der Waals surface area (Å²) in [5.74, 6) is -1.70. The molecule has 2 aliphatic heterocycles. The van der Waals surface area contributed by atoms with E-state index in [0.717, 1.165) is 6.42 Å².